The zero-order valence-electron chi connectivity index (χ0n) is 30.1. The lowest BCUT2D eigenvalue weighted by atomic mass is 9.84. The molecule has 51 heavy (non-hydrogen) atoms. The second-order valence-corrected chi connectivity index (χ2v) is 14.9. The van der Waals surface area contributed by atoms with Gasteiger partial charge < -0.3 is 85.7 Å². The third-order valence-electron chi connectivity index (χ3n) is 10.7. The van der Waals surface area contributed by atoms with E-state index in [0.717, 1.165) is 6.42 Å². The van der Waals surface area contributed by atoms with Crippen LogP contribution in [0.3, 0.4) is 0 Å². The smallest absolute Gasteiger partial charge is 0.186 e. The van der Waals surface area contributed by atoms with E-state index in [1.165, 1.54) is 20.8 Å². The van der Waals surface area contributed by atoms with E-state index < -0.39 is 123 Å². The summed E-state index contributed by atoms with van der Waals surface area (Å²) in [5, 5.41) is 144. The molecule has 0 aromatic carbocycles. The van der Waals surface area contributed by atoms with Gasteiger partial charge in [-0.25, -0.2) is 0 Å². The highest BCUT2D eigenvalue weighted by atomic mass is 16.7. The van der Waals surface area contributed by atoms with Crippen molar-refractivity contribution in [2.45, 2.75) is 183 Å². The zero-order valence-corrected chi connectivity index (χ0v) is 30.1. The molecule has 17 heteroatoms. The van der Waals surface area contributed by atoms with Crippen LogP contribution < -0.4 is 0 Å². The van der Waals surface area contributed by atoms with Crippen LogP contribution in [0.1, 0.15) is 79.1 Å². The second kappa shape index (κ2) is 22.0. The van der Waals surface area contributed by atoms with Gasteiger partial charge in [0.1, 0.15) is 30.5 Å². The Labute approximate surface area is 299 Å². The Bertz CT molecular complexity index is 947. The SMILES string of the molecule is CC(O)[C@@H](O)[C@@H](C)[C@@H](C[C@@H](O)[C@@H](C)[C@H](O)C[C@@H](O)C[C@H](O)[C@@H](O)C(O)C[C@H]1O[C@@H](C[C@@H](O)CCO)CC[C@@H]1C)O[C@@H]1O[C@H](CO)[C@@H](O)[C@H](O)[C@@H]1O. The van der Waals surface area contributed by atoms with E-state index in [1.54, 1.807) is 0 Å². The highest BCUT2D eigenvalue weighted by molar-refractivity contribution is 4.91. The highest BCUT2D eigenvalue weighted by Crippen LogP contribution is 2.32. The fourth-order valence-corrected chi connectivity index (χ4v) is 6.87. The van der Waals surface area contributed by atoms with Gasteiger partial charge in [-0.1, -0.05) is 20.8 Å². The van der Waals surface area contributed by atoms with E-state index in [1.807, 2.05) is 6.92 Å². The van der Waals surface area contributed by atoms with Crippen LogP contribution in [0.4, 0.5) is 0 Å². The molecule has 0 aliphatic carbocycles. The molecule has 2 rings (SSSR count). The molecule has 20 atom stereocenters. The highest BCUT2D eigenvalue weighted by Gasteiger charge is 2.46. The molecule has 0 bridgehead atoms. The van der Waals surface area contributed by atoms with E-state index in [0.29, 0.717) is 12.8 Å². The molecule has 0 aromatic heterocycles. The fourth-order valence-electron chi connectivity index (χ4n) is 6.87. The minimum absolute atomic E-state index is 0.0114. The van der Waals surface area contributed by atoms with Crippen LogP contribution >= 0.6 is 0 Å². The van der Waals surface area contributed by atoms with Crippen LogP contribution in [0.2, 0.25) is 0 Å². The fraction of sp³-hybridized carbons (Fsp3) is 1.00. The molecule has 0 spiro atoms. The van der Waals surface area contributed by atoms with Crippen LogP contribution in [-0.4, -0.2) is 189 Å². The van der Waals surface area contributed by atoms with E-state index in [9.17, 15) is 66.4 Å². The molecule has 0 amide bonds. The van der Waals surface area contributed by atoms with Gasteiger partial charge in [0.15, 0.2) is 6.29 Å². The Morgan fingerprint density at radius 2 is 1.24 bits per heavy atom. The Balaban J connectivity index is 1.97. The average molecular weight is 747 g/mol. The lowest BCUT2D eigenvalue weighted by Gasteiger charge is -2.42. The molecule has 2 heterocycles. The van der Waals surface area contributed by atoms with Crippen LogP contribution in [0.25, 0.3) is 0 Å². The molecule has 2 fully saturated rings. The van der Waals surface area contributed by atoms with Gasteiger partial charge in [0.2, 0.25) is 0 Å². The first-order chi connectivity index (χ1) is 23.8. The van der Waals surface area contributed by atoms with Gasteiger partial charge in [0.25, 0.3) is 0 Å². The lowest BCUT2D eigenvalue weighted by molar-refractivity contribution is -0.318. The second-order valence-electron chi connectivity index (χ2n) is 14.9. The molecular formula is C34H66O17. The lowest BCUT2D eigenvalue weighted by Crippen LogP contribution is -2.60. The van der Waals surface area contributed by atoms with Crippen LogP contribution in [-0.2, 0) is 14.2 Å². The largest absolute Gasteiger partial charge is 0.396 e. The summed E-state index contributed by atoms with van der Waals surface area (Å²) in [6.07, 6.45) is -21.2. The first-order valence-electron chi connectivity index (χ1n) is 18.2. The van der Waals surface area contributed by atoms with Crippen LogP contribution in [0.15, 0.2) is 0 Å². The number of hydrogen-bond acceptors (Lipinski definition) is 17. The third kappa shape index (κ3) is 13.8. The van der Waals surface area contributed by atoms with E-state index >= 15 is 0 Å². The maximum absolute atomic E-state index is 11.1. The van der Waals surface area contributed by atoms with Crippen LogP contribution in [0, 0.1) is 17.8 Å². The molecule has 2 aliphatic rings. The summed E-state index contributed by atoms with van der Waals surface area (Å²) in [4.78, 5) is 0. The van der Waals surface area contributed by atoms with E-state index in [2.05, 4.69) is 0 Å². The monoisotopic (exact) mass is 746 g/mol. The minimum Gasteiger partial charge on any atom is -0.396 e. The molecule has 0 aromatic rings. The Morgan fingerprint density at radius 3 is 1.82 bits per heavy atom. The summed E-state index contributed by atoms with van der Waals surface area (Å²) >= 11 is 0. The van der Waals surface area contributed by atoms with Crippen molar-refractivity contribution in [3.8, 4) is 0 Å². The van der Waals surface area contributed by atoms with Crippen molar-refractivity contribution in [3.63, 3.8) is 0 Å². The number of aliphatic hydroxyl groups excluding tert-OH is 14. The quantitative estimate of drug-likeness (QED) is 0.0506. The van der Waals surface area contributed by atoms with Crippen molar-refractivity contribution >= 4 is 0 Å². The Hall–Kier alpha value is -0.680. The van der Waals surface area contributed by atoms with E-state index in [4.69, 9.17) is 19.3 Å². The Morgan fingerprint density at radius 1 is 0.627 bits per heavy atom. The predicted molar refractivity (Wildman–Crippen MR) is 179 cm³/mol. The van der Waals surface area contributed by atoms with Crippen molar-refractivity contribution in [1.29, 1.82) is 0 Å². The number of ether oxygens (including phenoxy) is 3. The van der Waals surface area contributed by atoms with Gasteiger partial charge in [-0.2, -0.15) is 0 Å². The van der Waals surface area contributed by atoms with Crippen molar-refractivity contribution in [1.82, 2.24) is 0 Å². The topological polar surface area (TPSA) is 311 Å². The summed E-state index contributed by atoms with van der Waals surface area (Å²) in [7, 11) is 0. The number of rotatable bonds is 22. The third-order valence-corrected chi connectivity index (χ3v) is 10.7. The predicted octanol–water partition coefficient (Wildman–Crippen LogP) is -3.77. The maximum atomic E-state index is 11.1. The normalized spacial score (nSPS) is 34.7. The van der Waals surface area contributed by atoms with Crippen molar-refractivity contribution in [2.75, 3.05) is 13.2 Å². The summed E-state index contributed by atoms with van der Waals surface area (Å²) < 4.78 is 17.3. The van der Waals surface area contributed by atoms with Crippen LogP contribution in [0.5, 0.6) is 0 Å². The van der Waals surface area contributed by atoms with Gasteiger partial charge in [0, 0.05) is 37.7 Å². The van der Waals surface area contributed by atoms with Gasteiger partial charge in [-0.15, -0.1) is 0 Å². The van der Waals surface area contributed by atoms with Crippen molar-refractivity contribution in [2.24, 2.45) is 17.8 Å². The van der Waals surface area contributed by atoms with Crippen molar-refractivity contribution in [3.05, 3.63) is 0 Å². The summed E-state index contributed by atoms with van der Waals surface area (Å²) in [5.74, 6) is -1.82. The van der Waals surface area contributed by atoms with Gasteiger partial charge in [-0.05, 0) is 44.9 Å². The summed E-state index contributed by atoms with van der Waals surface area (Å²) in [6, 6.07) is 0. The first kappa shape index (κ1) is 46.5. The molecule has 17 nitrogen and oxygen atoms in total. The number of hydrogen-bond donors (Lipinski definition) is 14. The summed E-state index contributed by atoms with van der Waals surface area (Å²) in [5.41, 5.74) is 0. The van der Waals surface area contributed by atoms with Gasteiger partial charge >= 0.3 is 0 Å². The molecule has 2 aliphatic heterocycles. The van der Waals surface area contributed by atoms with Gasteiger partial charge in [-0.3, -0.25) is 0 Å². The first-order valence-corrected chi connectivity index (χ1v) is 18.2. The molecule has 304 valence electrons. The molecule has 2 unspecified atom stereocenters. The maximum Gasteiger partial charge on any atom is 0.186 e. The molecule has 14 N–H and O–H groups in total. The Kier molecular flexibility index (Phi) is 20.1. The summed E-state index contributed by atoms with van der Waals surface area (Å²) in [6.45, 7) is 5.36. The number of aliphatic hydroxyl groups is 14. The average Bonchev–Trinajstić information content (AvgIpc) is 3.07. The van der Waals surface area contributed by atoms with Crippen molar-refractivity contribution < 1.29 is 85.7 Å². The standard InChI is InChI=1S/C34H66O17/c1-15-5-6-21(9-19(38)7-8-35)49-26(15)13-25(43)30(45)24(42)11-20(39)10-22(40)16(2)23(41)12-27(17(3)29(44)18(4)37)50-34-33(48)32(47)31(46)28(14-36)51-34/h15-48H,5-14H2,1-4H3/t15-,16-,17-,18?,19-,20+,21+,22+,23+,24-,25?,26+,27+,28+,29-,30+,31+,32-,33-,34+/m0/s1. The van der Waals surface area contributed by atoms with Gasteiger partial charge in [0.05, 0.1) is 73.8 Å². The van der Waals surface area contributed by atoms with E-state index in [-0.39, 0.29) is 44.3 Å². The minimum atomic E-state index is -1.77. The molecule has 0 saturated carbocycles. The molecule has 2 saturated heterocycles. The molecular weight excluding hydrogens is 680 g/mol. The zero-order chi connectivity index (χ0) is 38.7. The molecule has 0 radical (unpaired) electrons.